The van der Waals surface area contributed by atoms with E-state index >= 15 is 0 Å². The van der Waals surface area contributed by atoms with Gasteiger partial charge in [0.05, 0.1) is 10.9 Å². The highest BCUT2D eigenvalue weighted by Gasteiger charge is 2.14. The van der Waals surface area contributed by atoms with E-state index in [-0.39, 0.29) is 17.1 Å². The minimum Gasteiger partial charge on any atom is -0.507 e. The SMILES string of the molecule is CCn1cc(-c2nc(N=Cc3ccccc3O)n[nH]2)c(=O)c2ccc(C)nc21. The topological polar surface area (TPSA) is 109 Å². The molecule has 2 N–H and O–H groups in total. The molecule has 0 saturated heterocycles. The summed E-state index contributed by atoms with van der Waals surface area (Å²) in [7, 11) is 0. The molecule has 0 spiro atoms. The number of aromatic hydroxyl groups is 1. The fourth-order valence-corrected chi connectivity index (χ4v) is 2.92. The van der Waals surface area contributed by atoms with Crippen LogP contribution in [0.3, 0.4) is 0 Å². The van der Waals surface area contributed by atoms with Gasteiger partial charge in [-0.1, -0.05) is 12.1 Å². The second-order valence-corrected chi connectivity index (χ2v) is 6.28. The van der Waals surface area contributed by atoms with Crippen molar-refractivity contribution in [3.05, 3.63) is 64.1 Å². The standard InChI is InChI=1S/C20H18N6O2/c1-3-26-11-15(17(28)14-9-8-12(2)22-19(14)26)18-23-20(25-24-18)21-10-13-6-4-5-7-16(13)27/h4-11,27H,3H2,1-2H3,(H,23,24,25). The molecule has 140 valence electrons. The predicted molar refractivity (Wildman–Crippen MR) is 107 cm³/mol. The highest BCUT2D eigenvalue weighted by atomic mass is 16.3. The quantitative estimate of drug-likeness (QED) is 0.534. The maximum atomic E-state index is 12.9. The number of aromatic amines is 1. The molecule has 4 aromatic rings. The van der Waals surface area contributed by atoms with Crippen LogP contribution in [0.2, 0.25) is 0 Å². The van der Waals surface area contributed by atoms with Gasteiger partial charge in [-0.05, 0) is 38.1 Å². The van der Waals surface area contributed by atoms with E-state index in [2.05, 4.69) is 25.2 Å². The smallest absolute Gasteiger partial charge is 0.268 e. The van der Waals surface area contributed by atoms with Crippen LogP contribution >= 0.6 is 0 Å². The average Bonchev–Trinajstić information content (AvgIpc) is 3.16. The average molecular weight is 374 g/mol. The van der Waals surface area contributed by atoms with Crippen LogP contribution < -0.4 is 5.43 Å². The van der Waals surface area contributed by atoms with Crippen molar-refractivity contribution in [2.24, 2.45) is 4.99 Å². The van der Waals surface area contributed by atoms with Crippen LogP contribution in [0.4, 0.5) is 5.95 Å². The molecular formula is C20H18N6O2. The zero-order chi connectivity index (χ0) is 19.7. The van der Waals surface area contributed by atoms with Crippen molar-refractivity contribution in [3.63, 3.8) is 0 Å². The normalized spacial score (nSPS) is 11.5. The molecule has 0 aliphatic heterocycles. The van der Waals surface area contributed by atoms with Gasteiger partial charge in [0.25, 0.3) is 5.95 Å². The van der Waals surface area contributed by atoms with Crippen molar-refractivity contribution in [1.82, 2.24) is 24.7 Å². The summed E-state index contributed by atoms with van der Waals surface area (Å²) in [5.74, 6) is 0.618. The number of benzene rings is 1. The molecule has 0 unspecified atom stereocenters. The number of aliphatic imine (C=N–C) groups is 1. The lowest BCUT2D eigenvalue weighted by atomic mass is 10.1. The van der Waals surface area contributed by atoms with Crippen LogP contribution in [-0.4, -0.2) is 36.1 Å². The number of H-pyrrole nitrogens is 1. The first kappa shape index (κ1) is 17.6. The second kappa shape index (κ2) is 7.07. The number of pyridine rings is 2. The summed E-state index contributed by atoms with van der Waals surface area (Å²) in [6, 6.07) is 10.4. The Bertz CT molecular complexity index is 1260. The molecule has 3 aromatic heterocycles. The van der Waals surface area contributed by atoms with E-state index in [4.69, 9.17) is 0 Å². The zero-order valence-corrected chi connectivity index (χ0v) is 15.4. The number of hydrogen-bond acceptors (Lipinski definition) is 6. The molecule has 3 heterocycles. The van der Waals surface area contributed by atoms with Crippen LogP contribution in [-0.2, 0) is 6.54 Å². The van der Waals surface area contributed by atoms with E-state index in [1.165, 1.54) is 6.21 Å². The molecule has 28 heavy (non-hydrogen) atoms. The van der Waals surface area contributed by atoms with Gasteiger partial charge in [-0.15, -0.1) is 5.10 Å². The number of nitrogens with zero attached hydrogens (tertiary/aromatic N) is 5. The number of aromatic nitrogens is 5. The van der Waals surface area contributed by atoms with Crippen molar-refractivity contribution in [2.75, 3.05) is 0 Å². The van der Waals surface area contributed by atoms with Gasteiger partial charge in [-0.2, -0.15) is 4.98 Å². The third-order valence-corrected chi connectivity index (χ3v) is 4.39. The third-order valence-electron chi connectivity index (χ3n) is 4.39. The number of phenols is 1. The Labute approximate surface area is 160 Å². The number of nitrogens with one attached hydrogen (secondary N) is 1. The van der Waals surface area contributed by atoms with Gasteiger partial charge in [-0.3, -0.25) is 9.89 Å². The molecule has 0 aliphatic carbocycles. The molecule has 1 aromatic carbocycles. The first-order valence-electron chi connectivity index (χ1n) is 8.82. The van der Waals surface area contributed by atoms with Gasteiger partial charge in [0.1, 0.15) is 11.4 Å². The minimum absolute atomic E-state index is 0.116. The first-order chi connectivity index (χ1) is 13.6. The summed E-state index contributed by atoms with van der Waals surface area (Å²) < 4.78 is 1.91. The van der Waals surface area contributed by atoms with Crippen LogP contribution in [0.15, 0.2) is 52.4 Å². The lowest BCUT2D eigenvalue weighted by Crippen LogP contribution is -2.13. The minimum atomic E-state index is -0.167. The van der Waals surface area contributed by atoms with Crippen molar-refractivity contribution >= 4 is 23.2 Å². The van der Waals surface area contributed by atoms with Gasteiger partial charge in [0.15, 0.2) is 5.82 Å². The van der Waals surface area contributed by atoms with Crippen molar-refractivity contribution in [3.8, 4) is 17.1 Å². The molecule has 0 radical (unpaired) electrons. The summed E-state index contributed by atoms with van der Waals surface area (Å²) in [5.41, 5.74) is 2.28. The molecule has 0 bridgehead atoms. The van der Waals surface area contributed by atoms with Gasteiger partial charge >= 0.3 is 0 Å². The summed E-state index contributed by atoms with van der Waals surface area (Å²) in [4.78, 5) is 25.9. The van der Waals surface area contributed by atoms with Gasteiger partial charge in [0, 0.05) is 30.2 Å². The predicted octanol–water partition coefficient (Wildman–Crippen LogP) is 2.97. The highest BCUT2D eigenvalue weighted by molar-refractivity contribution is 5.84. The van der Waals surface area contributed by atoms with E-state index in [9.17, 15) is 9.90 Å². The largest absolute Gasteiger partial charge is 0.507 e. The van der Waals surface area contributed by atoms with Gasteiger partial charge in [0.2, 0.25) is 5.43 Å². The number of hydrogen-bond donors (Lipinski definition) is 2. The number of phenolic OH excluding ortho intramolecular Hbond substituents is 1. The highest BCUT2D eigenvalue weighted by Crippen LogP contribution is 2.19. The van der Waals surface area contributed by atoms with Crippen molar-refractivity contribution < 1.29 is 5.11 Å². The molecule has 0 atom stereocenters. The number of para-hydroxylation sites is 1. The number of fused-ring (bicyclic) bond motifs is 1. The zero-order valence-electron chi connectivity index (χ0n) is 15.4. The molecule has 0 aliphatic rings. The fourth-order valence-electron chi connectivity index (χ4n) is 2.92. The maximum Gasteiger partial charge on any atom is 0.268 e. The second-order valence-electron chi connectivity index (χ2n) is 6.28. The van der Waals surface area contributed by atoms with E-state index < -0.39 is 0 Å². The Morgan fingerprint density at radius 1 is 1.21 bits per heavy atom. The molecule has 8 nitrogen and oxygen atoms in total. The Morgan fingerprint density at radius 2 is 2.04 bits per heavy atom. The lowest BCUT2D eigenvalue weighted by molar-refractivity contribution is 0.474. The van der Waals surface area contributed by atoms with Gasteiger partial charge < -0.3 is 9.67 Å². The van der Waals surface area contributed by atoms with Crippen LogP contribution in [0, 0.1) is 6.92 Å². The van der Waals surface area contributed by atoms with Crippen molar-refractivity contribution in [1.29, 1.82) is 0 Å². The van der Waals surface area contributed by atoms with E-state index in [0.717, 1.165) is 5.69 Å². The Kier molecular flexibility index (Phi) is 4.44. The van der Waals surface area contributed by atoms with Crippen LogP contribution in [0.1, 0.15) is 18.2 Å². The molecule has 0 fully saturated rings. The van der Waals surface area contributed by atoms with Crippen molar-refractivity contribution in [2.45, 2.75) is 20.4 Å². The molecule has 0 amide bonds. The maximum absolute atomic E-state index is 12.9. The molecule has 4 rings (SSSR count). The summed E-state index contributed by atoms with van der Waals surface area (Å²) in [6.45, 7) is 4.54. The third kappa shape index (κ3) is 3.16. The van der Waals surface area contributed by atoms with E-state index in [0.29, 0.717) is 34.5 Å². The Morgan fingerprint density at radius 3 is 2.82 bits per heavy atom. The molecular weight excluding hydrogens is 356 g/mol. The van der Waals surface area contributed by atoms with E-state index in [1.54, 1.807) is 36.5 Å². The summed E-state index contributed by atoms with van der Waals surface area (Å²) in [5, 5.41) is 17.1. The lowest BCUT2D eigenvalue weighted by Gasteiger charge is -2.10. The van der Waals surface area contributed by atoms with Crippen LogP contribution in [0.5, 0.6) is 5.75 Å². The molecule has 8 heteroatoms. The first-order valence-corrected chi connectivity index (χ1v) is 8.82. The van der Waals surface area contributed by atoms with Gasteiger partial charge in [-0.25, -0.2) is 9.98 Å². The number of rotatable bonds is 4. The monoisotopic (exact) mass is 374 g/mol. The number of aryl methyl sites for hydroxylation is 2. The summed E-state index contributed by atoms with van der Waals surface area (Å²) >= 11 is 0. The molecule has 0 saturated carbocycles. The van der Waals surface area contributed by atoms with Crippen LogP contribution in [0.25, 0.3) is 22.4 Å². The Balaban J connectivity index is 1.76. The summed E-state index contributed by atoms with van der Waals surface area (Å²) in [6.07, 6.45) is 3.20. The van der Waals surface area contributed by atoms with E-state index in [1.807, 2.05) is 24.5 Å². The Hall–Kier alpha value is -3.81. The fraction of sp³-hybridized carbons (Fsp3) is 0.150.